The molecular weight excluding hydrogens is 500 g/mol. The number of hydrogen-bond donors (Lipinski definition) is 5. The summed E-state index contributed by atoms with van der Waals surface area (Å²) in [7, 11) is 1.50. The Bertz CT molecular complexity index is 1410. The molecule has 3 aromatic rings. The van der Waals surface area contributed by atoms with E-state index in [2.05, 4.69) is 0 Å². The van der Waals surface area contributed by atoms with E-state index in [-0.39, 0.29) is 40.6 Å². The van der Waals surface area contributed by atoms with E-state index < -0.39 is 53.2 Å². The Hall–Kier alpha value is -3.35. The number of aromatic hydroxyl groups is 2. The summed E-state index contributed by atoms with van der Waals surface area (Å²) in [6.07, 6.45) is -7.16. The Morgan fingerprint density at radius 2 is 1.66 bits per heavy atom. The zero-order chi connectivity index (χ0) is 27.5. The molecule has 11 heteroatoms. The topological polar surface area (TPSA) is 172 Å². The third-order valence-corrected chi connectivity index (χ3v) is 7.13. The molecule has 0 spiro atoms. The second kappa shape index (κ2) is 9.44. The molecule has 11 nitrogen and oxygen atoms in total. The van der Waals surface area contributed by atoms with Gasteiger partial charge < -0.3 is 48.9 Å². The fourth-order valence-electron chi connectivity index (χ4n) is 4.64. The fourth-order valence-corrected chi connectivity index (χ4v) is 4.64. The van der Waals surface area contributed by atoms with Gasteiger partial charge in [0.05, 0.1) is 24.9 Å². The van der Waals surface area contributed by atoms with Gasteiger partial charge >= 0.3 is 0 Å². The number of epoxide rings is 1. The van der Waals surface area contributed by atoms with Crippen molar-refractivity contribution in [2.24, 2.45) is 0 Å². The lowest BCUT2D eigenvalue weighted by Gasteiger charge is -2.38. The zero-order valence-electron chi connectivity index (χ0n) is 21.2. The van der Waals surface area contributed by atoms with E-state index in [0.717, 1.165) is 6.07 Å². The Morgan fingerprint density at radius 1 is 1.00 bits per heavy atom. The van der Waals surface area contributed by atoms with Crippen LogP contribution in [0.25, 0.3) is 22.3 Å². The van der Waals surface area contributed by atoms with Crippen LogP contribution in [0.3, 0.4) is 0 Å². The van der Waals surface area contributed by atoms with Crippen molar-refractivity contribution in [1.82, 2.24) is 0 Å². The van der Waals surface area contributed by atoms with Crippen LogP contribution in [0.2, 0.25) is 0 Å². The minimum Gasteiger partial charge on any atom is -0.507 e. The maximum atomic E-state index is 13.8. The summed E-state index contributed by atoms with van der Waals surface area (Å²) in [4.78, 5) is 13.8. The van der Waals surface area contributed by atoms with Crippen molar-refractivity contribution in [3.8, 4) is 34.3 Å². The first kappa shape index (κ1) is 26.3. The number of benzene rings is 2. The van der Waals surface area contributed by atoms with Gasteiger partial charge in [0.2, 0.25) is 17.5 Å². The van der Waals surface area contributed by atoms with E-state index >= 15 is 0 Å². The van der Waals surface area contributed by atoms with E-state index in [1.807, 2.05) is 13.8 Å². The van der Waals surface area contributed by atoms with Crippen LogP contribution < -0.4 is 14.9 Å². The number of aliphatic hydroxyl groups is 3. The number of ether oxygens (including phenoxy) is 4. The molecule has 6 unspecified atom stereocenters. The third-order valence-electron chi connectivity index (χ3n) is 7.13. The van der Waals surface area contributed by atoms with Gasteiger partial charge in [-0.3, -0.25) is 4.79 Å². The second-order valence-electron chi connectivity index (χ2n) is 10.1. The van der Waals surface area contributed by atoms with Crippen molar-refractivity contribution >= 4 is 11.0 Å². The van der Waals surface area contributed by atoms with Crippen LogP contribution in [0.1, 0.15) is 26.3 Å². The van der Waals surface area contributed by atoms with Crippen LogP contribution >= 0.6 is 0 Å². The van der Waals surface area contributed by atoms with E-state index in [4.69, 9.17) is 23.4 Å². The number of methoxy groups -OCH3 is 1. The van der Waals surface area contributed by atoms with Gasteiger partial charge in [0, 0.05) is 23.6 Å². The molecule has 2 fully saturated rings. The molecule has 6 atom stereocenters. The smallest absolute Gasteiger partial charge is 0.239 e. The predicted octanol–water partition coefficient (Wildman–Crippen LogP) is 1.81. The molecule has 0 bridgehead atoms. The van der Waals surface area contributed by atoms with Gasteiger partial charge in [0.25, 0.3) is 0 Å². The van der Waals surface area contributed by atoms with Crippen LogP contribution in [-0.4, -0.2) is 75.1 Å². The quantitative estimate of drug-likeness (QED) is 0.294. The van der Waals surface area contributed by atoms with Crippen molar-refractivity contribution < 1.29 is 48.9 Å². The molecule has 2 aliphatic heterocycles. The molecule has 2 aromatic carbocycles. The van der Waals surface area contributed by atoms with Gasteiger partial charge in [-0.1, -0.05) is 0 Å². The number of phenolic OH excluding ortho intramolecular Hbond substituents is 2. The van der Waals surface area contributed by atoms with Crippen molar-refractivity contribution in [3.05, 3.63) is 46.1 Å². The van der Waals surface area contributed by atoms with E-state index in [1.165, 1.54) is 14.0 Å². The summed E-state index contributed by atoms with van der Waals surface area (Å²) in [5.41, 5.74) is -0.611. The molecule has 0 saturated carbocycles. The van der Waals surface area contributed by atoms with E-state index in [9.17, 15) is 30.3 Å². The average Bonchev–Trinajstić information content (AvgIpc) is 3.49. The lowest BCUT2D eigenvalue weighted by Crippen LogP contribution is -2.58. The van der Waals surface area contributed by atoms with Gasteiger partial charge in [-0.15, -0.1) is 0 Å². The summed E-state index contributed by atoms with van der Waals surface area (Å²) in [6.45, 7) is 5.26. The number of fused-ring (bicyclic) bond motifs is 1. The highest BCUT2D eigenvalue weighted by atomic mass is 16.7. The van der Waals surface area contributed by atoms with Crippen molar-refractivity contribution in [3.63, 3.8) is 0 Å². The highest BCUT2D eigenvalue weighted by molar-refractivity contribution is 5.91. The SMILES string of the molecule is COc1ccc(-c2oc3c(CC4OC4(C)C)c(O)cc(O)c3c(=O)c2OC2OC(C)C(O)C(O)C2O)cc1. The predicted molar refractivity (Wildman–Crippen MR) is 133 cm³/mol. The maximum Gasteiger partial charge on any atom is 0.239 e. The fraction of sp³-hybridized carbons (Fsp3) is 0.444. The van der Waals surface area contributed by atoms with Crippen LogP contribution in [0.5, 0.6) is 23.0 Å². The number of rotatable bonds is 6. The second-order valence-corrected chi connectivity index (χ2v) is 10.1. The lowest BCUT2D eigenvalue weighted by atomic mass is 9.98. The van der Waals surface area contributed by atoms with Crippen LogP contribution in [0, 0.1) is 0 Å². The van der Waals surface area contributed by atoms with Crippen LogP contribution in [-0.2, 0) is 15.9 Å². The minimum absolute atomic E-state index is 0.0501. The molecule has 0 amide bonds. The first-order valence-electron chi connectivity index (χ1n) is 12.2. The normalized spacial score (nSPS) is 28.3. The standard InChI is InChI=1S/C27H30O11/c1-11-19(30)21(32)22(33)26(35-11)37-25-20(31)18-16(29)10-15(28)14(9-17-27(2,3)38-17)24(18)36-23(25)12-5-7-13(34-4)8-6-12/h5-8,10-11,17,19,21-22,26,28-30,32-33H,9H2,1-4H3. The Labute approximate surface area is 217 Å². The Balaban J connectivity index is 1.70. The summed E-state index contributed by atoms with van der Waals surface area (Å²) in [5, 5.41) is 51.9. The summed E-state index contributed by atoms with van der Waals surface area (Å²) >= 11 is 0. The zero-order valence-corrected chi connectivity index (χ0v) is 21.2. The van der Waals surface area contributed by atoms with Gasteiger partial charge in [0.1, 0.15) is 46.5 Å². The molecule has 1 aromatic heterocycles. The largest absolute Gasteiger partial charge is 0.507 e. The Kier molecular flexibility index (Phi) is 6.52. The Morgan fingerprint density at radius 3 is 2.26 bits per heavy atom. The highest BCUT2D eigenvalue weighted by Crippen LogP contribution is 2.44. The summed E-state index contributed by atoms with van der Waals surface area (Å²) < 4.78 is 28.4. The molecule has 0 radical (unpaired) electrons. The number of phenols is 2. The molecule has 2 saturated heterocycles. The average molecular weight is 531 g/mol. The van der Waals surface area contributed by atoms with E-state index in [1.54, 1.807) is 24.3 Å². The maximum absolute atomic E-state index is 13.8. The van der Waals surface area contributed by atoms with Crippen molar-refractivity contribution in [2.75, 3.05) is 7.11 Å². The van der Waals surface area contributed by atoms with Crippen molar-refractivity contribution in [1.29, 1.82) is 0 Å². The number of hydrogen-bond acceptors (Lipinski definition) is 11. The van der Waals surface area contributed by atoms with Gasteiger partial charge in [-0.05, 0) is 45.0 Å². The molecule has 204 valence electrons. The van der Waals surface area contributed by atoms with E-state index in [0.29, 0.717) is 11.3 Å². The van der Waals surface area contributed by atoms with Crippen LogP contribution in [0.15, 0.2) is 39.5 Å². The monoisotopic (exact) mass is 530 g/mol. The van der Waals surface area contributed by atoms with Crippen molar-refractivity contribution in [2.45, 2.75) is 69.6 Å². The molecular formula is C27H30O11. The number of aliphatic hydroxyl groups excluding tert-OH is 3. The lowest BCUT2D eigenvalue weighted by molar-refractivity contribution is -0.268. The molecule has 0 aliphatic carbocycles. The molecule has 3 heterocycles. The minimum atomic E-state index is -1.70. The molecule has 5 N–H and O–H groups in total. The highest BCUT2D eigenvalue weighted by Gasteiger charge is 2.48. The third kappa shape index (κ3) is 4.46. The summed E-state index contributed by atoms with van der Waals surface area (Å²) in [5.74, 6) is -0.740. The molecule has 38 heavy (non-hydrogen) atoms. The van der Waals surface area contributed by atoms with Gasteiger partial charge in [0.15, 0.2) is 5.76 Å². The summed E-state index contributed by atoms with van der Waals surface area (Å²) in [6, 6.07) is 7.56. The van der Waals surface area contributed by atoms with Gasteiger partial charge in [-0.2, -0.15) is 0 Å². The first-order valence-corrected chi connectivity index (χ1v) is 12.2. The molecule has 5 rings (SSSR count). The van der Waals surface area contributed by atoms with Gasteiger partial charge in [-0.25, -0.2) is 0 Å². The molecule has 2 aliphatic rings. The first-order chi connectivity index (χ1) is 17.9. The van der Waals surface area contributed by atoms with Crippen LogP contribution in [0.4, 0.5) is 0 Å².